The van der Waals surface area contributed by atoms with E-state index < -0.39 is 37.8 Å². The molecule has 0 rings (SSSR count). The summed E-state index contributed by atoms with van der Waals surface area (Å²) in [4.78, 5) is 10.8. The molecule has 0 aromatic rings. The van der Waals surface area contributed by atoms with Gasteiger partial charge in [-0.1, -0.05) is 18.7 Å². The molecule has 0 radical (unpaired) electrons. The Morgan fingerprint density at radius 1 is 1.24 bits per heavy atom. The first-order valence-corrected chi connectivity index (χ1v) is 6.23. The molecule has 0 saturated carbocycles. The van der Waals surface area contributed by atoms with Crippen LogP contribution in [0.1, 0.15) is 32.6 Å². The van der Waals surface area contributed by atoms with Gasteiger partial charge in [-0.3, -0.25) is 4.79 Å². The van der Waals surface area contributed by atoms with E-state index in [2.05, 4.69) is 0 Å². The highest BCUT2D eigenvalue weighted by Crippen LogP contribution is 2.31. The standard InChI is InChI=1S/C10H15F5OS/c1-2-9(16)17-6-5-10(14,15)7(11)3-4-8(12)13/h7-8H,2-6H2,1H3. The largest absolute Gasteiger partial charge is 0.287 e. The number of hydrogen-bond donors (Lipinski definition) is 0. The van der Waals surface area contributed by atoms with Crippen molar-refractivity contribution in [3.8, 4) is 0 Å². The third-order valence-electron chi connectivity index (χ3n) is 2.08. The van der Waals surface area contributed by atoms with Crippen LogP contribution in [0.5, 0.6) is 0 Å². The molecule has 0 aromatic heterocycles. The van der Waals surface area contributed by atoms with Crippen molar-refractivity contribution < 1.29 is 26.7 Å². The van der Waals surface area contributed by atoms with Crippen LogP contribution in [-0.4, -0.2) is 29.4 Å². The summed E-state index contributed by atoms with van der Waals surface area (Å²) < 4.78 is 62.6. The van der Waals surface area contributed by atoms with Crippen LogP contribution in [0.25, 0.3) is 0 Å². The van der Waals surface area contributed by atoms with E-state index in [1.54, 1.807) is 6.92 Å². The third kappa shape index (κ3) is 7.57. The first-order valence-electron chi connectivity index (χ1n) is 5.25. The minimum atomic E-state index is -3.64. The molecule has 0 N–H and O–H groups in total. The molecule has 102 valence electrons. The maximum atomic E-state index is 13.1. The second kappa shape index (κ2) is 7.89. The Kier molecular flexibility index (Phi) is 7.74. The van der Waals surface area contributed by atoms with Gasteiger partial charge in [0.2, 0.25) is 6.43 Å². The monoisotopic (exact) mass is 278 g/mol. The summed E-state index contributed by atoms with van der Waals surface area (Å²) >= 11 is 0.711. The first kappa shape index (κ1) is 16.7. The van der Waals surface area contributed by atoms with Gasteiger partial charge in [0.15, 0.2) is 11.3 Å². The van der Waals surface area contributed by atoms with E-state index in [0.717, 1.165) is 0 Å². The van der Waals surface area contributed by atoms with Gasteiger partial charge >= 0.3 is 0 Å². The number of alkyl halides is 5. The maximum Gasteiger partial charge on any atom is 0.279 e. The van der Waals surface area contributed by atoms with Gasteiger partial charge in [-0.2, -0.15) is 0 Å². The second-order valence-corrected chi connectivity index (χ2v) is 4.67. The van der Waals surface area contributed by atoms with E-state index in [1.807, 2.05) is 0 Å². The zero-order chi connectivity index (χ0) is 13.5. The first-order chi connectivity index (χ1) is 7.79. The summed E-state index contributed by atoms with van der Waals surface area (Å²) in [5.74, 6) is -3.84. The molecule has 0 fully saturated rings. The average molecular weight is 278 g/mol. The smallest absolute Gasteiger partial charge is 0.279 e. The lowest BCUT2D eigenvalue weighted by Gasteiger charge is -2.20. The fourth-order valence-corrected chi connectivity index (χ4v) is 1.85. The number of rotatable bonds is 8. The lowest BCUT2D eigenvalue weighted by atomic mass is 10.1. The SMILES string of the molecule is CCC(=O)SCCC(F)(F)C(F)CCC(F)F. The summed E-state index contributed by atoms with van der Waals surface area (Å²) in [5.41, 5.74) is 0. The number of halogens is 5. The molecule has 0 heterocycles. The Morgan fingerprint density at radius 3 is 2.29 bits per heavy atom. The Hall–Kier alpha value is -0.330. The van der Waals surface area contributed by atoms with Crippen LogP contribution < -0.4 is 0 Å². The molecule has 0 spiro atoms. The highest BCUT2D eigenvalue weighted by atomic mass is 32.2. The number of carbonyl (C=O) groups excluding carboxylic acids is 1. The zero-order valence-electron chi connectivity index (χ0n) is 9.40. The van der Waals surface area contributed by atoms with Crippen LogP contribution in [0.4, 0.5) is 22.0 Å². The zero-order valence-corrected chi connectivity index (χ0v) is 10.2. The van der Waals surface area contributed by atoms with Crippen LogP contribution >= 0.6 is 11.8 Å². The summed E-state index contributed by atoms with van der Waals surface area (Å²) in [6.45, 7) is 1.59. The highest BCUT2D eigenvalue weighted by molar-refractivity contribution is 8.13. The van der Waals surface area contributed by atoms with Crippen LogP contribution in [0.15, 0.2) is 0 Å². The molecular formula is C10H15F5OS. The van der Waals surface area contributed by atoms with Crippen molar-refractivity contribution in [3.05, 3.63) is 0 Å². The van der Waals surface area contributed by atoms with Crippen molar-refractivity contribution in [1.29, 1.82) is 0 Å². The summed E-state index contributed by atoms with van der Waals surface area (Å²) in [6, 6.07) is 0. The summed E-state index contributed by atoms with van der Waals surface area (Å²) in [6.07, 6.45) is -7.68. The van der Waals surface area contributed by atoms with Gasteiger partial charge < -0.3 is 0 Å². The van der Waals surface area contributed by atoms with E-state index >= 15 is 0 Å². The molecule has 1 nitrogen and oxygen atoms in total. The van der Waals surface area contributed by atoms with E-state index in [-0.39, 0.29) is 17.3 Å². The number of thioether (sulfide) groups is 1. The molecule has 0 amide bonds. The second-order valence-electron chi connectivity index (χ2n) is 3.52. The van der Waals surface area contributed by atoms with Gasteiger partial charge in [-0.25, -0.2) is 22.0 Å². The lowest BCUT2D eigenvalue weighted by molar-refractivity contribution is -0.110. The normalized spacial score (nSPS) is 14.1. The molecule has 0 aliphatic heterocycles. The fraction of sp³-hybridized carbons (Fsp3) is 0.900. The van der Waals surface area contributed by atoms with Crippen molar-refractivity contribution in [2.24, 2.45) is 0 Å². The van der Waals surface area contributed by atoms with Crippen LogP contribution in [0.2, 0.25) is 0 Å². The van der Waals surface area contributed by atoms with Gasteiger partial charge in [0, 0.05) is 25.0 Å². The summed E-state index contributed by atoms with van der Waals surface area (Å²) in [7, 11) is 0. The Bertz CT molecular complexity index is 235. The van der Waals surface area contributed by atoms with Crippen molar-refractivity contribution >= 4 is 16.9 Å². The van der Waals surface area contributed by atoms with Crippen molar-refractivity contribution in [2.75, 3.05) is 5.75 Å². The Balaban J connectivity index is 3.95. The topological polar surface area (TPSA) is 17.1 Å². The number of hydrogen-bond acceptors (Lipinski definition) is 2. The Morgan fingerprint density at radius 2 is 1.82 bits per heavy atom. The molecule has 0 saturated heterocycles. The van der Waals surface area contributed by atoms with Crippen molar-refractivity contribution in [2.45, 2.75) is 51.1 Å². The van der Waals surface area contributed by atoms with Gasteiger partial charge in [0.25, 0.3) is 5.92 Å². The molecule has 0 aromatic carbocycles. The molecule has 7 heteroatoms. The molecule has 17 heavy (non-hydrogen) atoms. The predicted molar refractivity (Wildman–Crippen MR) is 57.5 cm³/mol. The van der Waals surface area contributed by atoms with E-state index in [0.29, 0.717) is 11.8 Å². The quantitative estimate of drug-likeness (QED) is 0.623. The average Bonchev–Trinajstić information content (AvgIpc) is 2.25. The molecule has 0 aliphatic carbocycles. The lowest BCUT2D eigenvalue weighted by Crippen LogP contribution is -2.31. The van der Waals surface area contributed by atoms with Gasteiger partial charge in [0.05, 0.1) is 0 Å². The van der Waals surface area contributed by atoms with Crippen LogP contribution in [0, 0.1) is 0 Å². The molecule has 1 atom stereocenters. The van der Waals surface area contributed by atoms with Crippen LogP contribution in [0.3, 0.4) is 0 Å². The van der Waals surface area contributed by atoms with Crippen molar-refractivity contribution in [1.82, 2.24) is 0 Å². The van der Waals surface area contributed by atoms with E-state index in [9.17, 15) is 26.7 Å². The van der Waals surface area contributed by atoms with Gasteiger partial charge in [-0.05, 0) is 6.42 Å². The maximum absolute atomic E-state index is 13.1. The predicted octanol–water partition coefficient (Wildman–Crippen LogP) is 4.07. The summed E-state index contributed by atoms with van der Waals surface area (Å²) in [5, 5.41) is -0.246. The van der Waals surface area contributed by atoms with E-state index in [4.69, 9.17) is 0 Å². The minimum absolute atomic E-state index is 0.200. The van der Waals surface area contributed by atoms with Gasteiger partial charge in [0.1, 0.15) is 0 Å². The fourth-order valence-electron chi connectivity index (χ4n) is 1.04. The highest BCUT2D eigenvalue weighted by Gasteiger charge is 2.39. The molecule has 0 aliphatic rings. The third-order valence-corrected chi connectivity index (χ3v) is 3.10. The molecular weight excluding hydrogens is 263 g/mol. The van der Waals surface area contributed by atoms with Crippen molar-refractivity contribution in [3.63, 3.8) is 0 Å². The molecule has 1 unspecified atom stereocenters. The van der Waals surface area contributed by atoms with Crippen LogP contribution in [-0.2, 0) is 4.79 Å². The molecule has 0 bridgehead atoms. The minimum Gasteiger partial charge on any atom is -0.287 e. The van der Waals surface area contributed by atoms with E-state index in [1.165, 1.54) is 0 Å². The van der Waals surface area contributed by atoms with Gasteiger partial charge in [-0.15, -0.1) is 0 Å². The Labute approximate surface area is 101 Å². The number of carbonyl (C=O) groups is 1.